The smallest absolute Gasteiger partial charge is 0.378 e. The van der Waals surface area contributed by atoms with E-state index < -0.39 is 82.2 Å². The third-order valence-corrected chi connectivity index (χ3v) is 10.1. The number of nitrogens with zero attached hydrogens (tertiary/aromatic N) is 3. The molecule has 4 aliphatic rings. The number of carbonyl (C=O) groups is 2. The van der Waals surface area contributed by atoms with Gasteiger partial charge in [-0.3, -0.25) is 14.3 Å². The molecule has 0 radical (unpaired) electrons. The number of fused-ring (bicyclic) bond motifs is 5. The Balaban J connectivity index is 1.22. The van der Waals surface area contributed by atoms with Gasteiger partial charge >= 0.3 is 6.18 Å². The minimum atomic E-state index is -5.04. The van der Waals surface area contributed by atoms with Crippen LogP contribution in [0, 0.1) is 29.4 Å². The van der Waals surface area contributed by atoms with Gasteiger partial charge in [-0.05, 0) is 98.4 Å². The molecule has 3 atom stereocenters. The van der Waals surface area contributed by atoms with Gasteiger partial charge in [0.2, 0.25) is 5.91 Å². The molecule has 4 aromatic rings. The molecule has 3 N–H and O–H groups in total. The maximum absolute atomic E-state index is 15.3. The summed E-state index contributed by atoms with van der Waals surface area (Å²) in [5.41, 5.74) is -2.54. The Hall–Kier alpha value is -5.23. The number of aliphatic hydroxyl groups is 1. The Morgan fingerprint density at radius 3 is 2.45 bits per heavy atom. The molecule has 2 aromatic carbocycles. The minimum absolute atomic E-state index is 0.0588. The van der Waals surface area contributed by atoms with E-state index in [2.05, 4.69) is 32.6 Å². The summed E-state index contributed by atoms with van der Waals surface area (Å²) >= 11 is 0. The summed E-state index contributed by atoms with van der Waals surface area (Å²) in [4.78, 5) is 31.4. The van der Waals surface area contributed by atoms with Crippen LogP contribution in [-0.2, 0) is 35.4 Å². The SMILES string of the molecule is CC(C)(O)C#Cc1ccc(-c2ccc3c(c2)C(=O)NC32CC2)c([C@H](Cc2cc(F)cc(F)c2)NC(=O)Cn2nc(C(F)(F)F)c3c2C(F)(F)[C@@H]2C[C@H]32)n1. The van der Waals surface area contributed by atoms with Gasteiger partial charge in [-0.1, -0.05) is 18.1 Å². The number of hydrogen-bond donors (Lipinski definition) is 3. The Kier molecular flexibility index (Phi) is 7.65. The Bertz CT molecular complexity index is 2280. The van der Waals surface area contributed by atoms with E-state index in [-0.39, 0.29) is 35.7 Å². The molecule has 1 spiro atoms. The second-order valence-electron chi connectivity index (χ2n) is 14.7. The monoisotopic (exact) mass is 737 g/mol. The van der Waals surface area contributed by atoms with E-state index in [0.717, 1.165) is 30.5 Å². The zero-order chi connectivity index (χ0) is 37.8. The molecular formula is C38H30F7N5O3. The van der Waals surface area contributed by atoms with Crippen molar-refractivity contribution in [2.45, 2.75) is 81.3 Å². The molecule has 2 aromatic heterocycles. The van der Waals surface area contributed by atoms with Crippen LogP contribution in [0.25, 0.3) is 11.1 Å². The highest BCUT2D eigenvalue weighted by Gasteiger charge is 2.68. The zero-order valence-electron chi connectivity index (χ0n) is 28.1. The maximum atomic E-state index is 15.3. The number of aromatic nitrogens is 3. The maximum Gasteiger partial charge on any atom is 0.435 e. The molecule has 1 aliphatic heterocycles. The first-order valence-electron chi connectivity index (χ1n) is 16.9. The van der Waals surface area contributed by atoms with Crippen LogP contribution >= 0.6 is 0 Å². The highest BCUT2D eigenvalue weighted by atomic mass is 19.4. The summed E-state index contributed by atoms with van der Waals surface area (Å²) in [5, 5.41) is 19.3. The summed E-state index contributed by atoms with van der Waals surface area (Å²) in [6, 6.07) is 9.77. The first kappa shape index (κ1) is 34.8. The Morgan fingerprint density at radius 1 is 1.08 bits per heavy atom. The van der Waals surface area contributed by atoms with Crippen LogP contribution in [0.2, 0.25) is 0 Å². The van der Waals surface area contributed by atoms with Crippen molar-refractivity contribution in [3.8, 4) is 23.0 Å². The number of nitrogens with one attached hydrogen (secondary N) is 2. The van der Waals surface area contributed by atoms with Gasteiger partial charge in [-0.2, -0.15) is 27.1 Å². The van der Waals surface area contributed by atoms with E-state index in [4.69, 9.17) is 0 Å². The van der Waals surface area contributed by atoms with Gasteiger partial charge in [-0.15, -0.1) is 0 Å². The summed E-state index contributed by atoms with van der Waals surface area (Å²) in [5.74, 6) is -3.74. The first-order chi connectivity index (χ1) is 24.8. The standard InChI is InChI=1S/C38H30F7N5O3/c1-35(2,53)8-7-22-4-5-23(19-3-6-26-25(14-19)34(52)48-36(26)9-10-36)31(46-22)28(13-18-11-20(39)15-21(40)12-18)47-29(51)17-50-33-30(32(49-50)38(43,44)45)24-16-27(24)37(33,41)42/h3-6,11-12,14-15,24,27-28,53H,9-10,13,16-17H2,1-2H3,(H,47,51)(H,48,52)/t24-,27+,28-/m0/s1. The molecule has 2 fully saturated rings. The van der Waals surface area contributed by atoms with Crippen LogP contribution in [0.3, 0.4) is 0 Å². The summed E-state index contributed by atoms with van der Waals surface area (Å²) < 4.78 is 102. The molecule has 2 amide bonds. The highest BCUT2D eigenvalue weighted by molar-refractivity contribution is 6.01. The molecule has 8 rings (SSSR count). The molecule has 0 saturated heterocycles. The van der Waals surface area contributed by atoms with Crippen molar-refractivity contribution in [1.29, 1.82) is 0 Å². The van der Waals surface area contributed by atoms with Crippen LogP contribution in [0.5, 0.6) is 0 Å². The molecule has 53 heavy (non-hydrogen) atoms. The molecule has 8 nitrogen and oxygen atoms in total. The van der Waals surface area contributed by atoms with E-state index >= 15 is 8.78 Å². The van der Waals surface area contributed by atoms with Gasteiger partial charge in [0.15, 0.2) is 5.69 Å². The van der Waals surface area contributed by atoms with Gasteiger partial charge < -0.3 is 15.7 Å². The quantitative estimate of drug-likeness (QED) is 0.150. The zero-order valence-corrected chi connectivity index (χ0v) is 28.1. The second-order valence-corrected chi connectivity index (χ2v) is 14.7. The van der Waals surface area contributed by atoms with Gasteiger partial charge in [0, 0.05) is 28.7 Å². The summed E-state index contributed by atoms with van der Waals surface area (Å²) in [6.07, 6.45) is -3.93. The number of carbonyl (C=O) groups excluding carboxylic acids is 2. The van der Waals surface area contributed by atoms with E-state index in [1.807, 2.05) is 0 Å². The largest absolute Gasteiger partial charge is 0.435 e. The van der Waals surface area contributed by atoms with Crippen molar-refractivity contribution in [1.82, 2.24) is 25.4 Å². The van der Waals surface area contributed by atoms with Crippen LogP contribution in [-0.4, -0.2) is 37.3 Å². The fourth-order valence-electron chi connectivity index (χ4n) is 7.61. The Morgan fingerprint density at radius 2 is 1.79 bits per heavy atom. The van der Waals surface area contributed by atoms with Crippen molar-refractivity contribution in [3.05, 3.63) is 105 Å². The topological polar surface area (TPSA) is 109 Å². The molecule has 0 unspecified atom stereocenters. The Labute approximate surface area is 297 Å². The van der Waals surface area contributed by atoms with Crippen LogP contribution in [0.1, 0.15) is 94.9 Å². The van der Waals surface area contributed by atoms with Crippen LogP contribution in [0.15, 0.2) is 48.5 Å². The molecule has 274 valence electrons. The van der Waals surface area contributed by atoms with E-state index in [0.29, 0.717) is 27.4 Å². The van der Waals surface area contributed by atoms with E-state index in [9.17, 15) is 36.6 Å². The molecule has 3 heterocycles. The van der Waals surface area contributed by atoms with Crippen molar-refractivity contribution in [2.24, 2.45) is 5.92 Å². The minimum Gasteiger partial charge on any atom is -0.378 e. The number of benzene rings is 2. The van der Waals surface area contributed by atoms with Gasteiger partial charge in [0.25, 0.3) is 11.8 Å². The average molecular weight is 738 g/mol. The number of rotatable bonds is 7. The second kappa shape index (κ2) is 11.6. The lowest BCUT2D eigenvalue weighted by Crippen LogP contribution is -2.35. The summed E-state index contributed by atoms with van der Waals surface area (Å²) in [7, 11) is 0. The number of pyridine rings is 1. The summed E-state index contributed by atoms with van der Waals surface area (Å²) in [6.45, 7) is 1.86. The molecule has 0 bridgehead atoms. The number of halogens is 7. The number of hydrogen-bond acceptors (Lipinski definition) is 5. The first-order valence-corrected chi connectivity index (χ1v) is 16.9. The third-order valence-electron chi connectivity index (χ3n) is 10.1. The predicted molar refractivity (Wildman–Crippen MR) is 174 cm³/mol. The lowest BCUT2D eigenvalue weighted by molar-refractivity contribution is -0.142. The fourth-order valence-corrected chi connectivity index (χ4v) is 7.61. The lowest BCUT2D eigenvalue weighted by atomic mass is 9.92. The fraction of sp³-hybridized carbons (Fsp3) is 0.368. The van der Waals surface area contributed by atoms with E-state index in [1.165, 1.54) is 19.9 Å². The molecular weight excluding hydrogens is 707 g/mol. The number of amides is 2. The lowest BCUT2D eigenvalue weighted by Gasteiger charge is -2.23. The number of alkyl halides is 5. The van der Waals surface area contributed by atoms with E-state index in [1.54, 1.807) is 24.3 Å². The van der Waals surface area contributed by atoms with Gasteiger partial charge in [-0.25, -0.2) is 13.8 Å². The van der Waals surface area contributed by atoms with Crippen molar-refractivity contribution >= 4 is 11.8 Å². The predicted octanol–water partition coefficient (Wildman–Crippen LogP) is 6.41. The van der Waals surface area contributed by atoms with Crippen molar-refractivity contribution in [2.75, 3.05) is 0 Å². The third kappa shape index (κ3) is 6.22. The van der Waals surface area contributed by atoms with Gasteiger partial charge in [0.1, 0.15) is 35.2 Å². The van der Waals surface area contributed by atoms with Crippen LogP contribution in [0.4, 0.5) is 30.7 Å². The average Bonchev–Trinajstić information content (AvgIpc) is 3.95. The van der Waals surface area contributed by atoms with Crippen molar-refractivity contribution in [3.63, 3.8) is 0 Å². The normalized spacial score (nSPS) is 20.5. The van der Waals surface area contributed by atoms with Crippen molar-refractivity contribution < 1.29 is 45.4 Å². The molecule has 3 aliphatic carbocycles. The highest BCUT2D eigenvalue weighted by Crippen LogP contribution is 2.68. The van der Waals surface area contributed by atoms with Gasteiger partial charge in [0.05, 0.1) is 17.3 Å². The molecule has 2 saturated carbocycles. The molecule has 15 heteroatoms. The van der Waals surface area contributed by atoms with Crippen LogP contribution < -0.4 is 10.6 Å².